The molecule has 0 aromatic carbocycles. The predicted octanol–water partition coefficient (Wildman–Crippen LogP) is 0.988. The molecule has 0 spiro atoms. The molecule has 14 heavy (non-hydrogen) atoms. The fraction of sp³-hybridized carbons (Fsp3) is 0. The van der Waals surface area contributed by atoms with Crippen LogP contribution < -0.4 is 4.83 Å². The average Bonchev–Trinajstić information content (AvgIpc) is 2.17. The Kier molecular flexibility index (Phi) is 4.43. The lowest BCUT2D eigenvalue weighted by molar-refractivity contribution is -0.112. The number of hydrazone groups is 1. The fourth-order valence-corrected chi connectivity index (χ4v) is 1.03. The zero-order chi connectivity index (χ0) is 10.2. The number of rotatable bonds is 0. The molecule has 1 rings (SSSR count). The summed E-state index contributed by atoms with van der Waals surface area (Å²) in [4.78, 5) is 24.6. The molecule has 5 heteroatoms. The van der Waals surface area contributed by atoms with E-state index in [0.717, 1.165) is 0 Å². The average molecular weight is 208 g/mol. The van der Waals surface area contributed by atoms with Crippen molar-refractivity contribution in [2.24, 2.45) is 5.10 Å². The Bertz CT molecular complexity index is 343. The lowest BCUT2D eigenvalue weighted by atomic mass is 10.3. The number of hydrogen-bond acceptors (Lipinski definition) is 5. The van der Waals surface area contributed by atoms with Crippen LogP contribution in [-0.2, 0) is 9.59 Å². The molecular formula is C9H8N2O2S. The van der Waals surface area contributed by atoms with E-state index in [1.54, 1.807) is 5.41 Å². The van der Waals surface area contributed by atoms with E-state index in [2.05, 4.69) is 9.93 Å². The topological polar surface area (TPSA) is 58.5 Å². The normalized spacial score (nSPS) is 24.3. The van der Waals surface area contributed by atoms with Gasteiger partial charge in [-0.1, -0.05) is 0 Å². The molecule has 0 atom stereocenters. The Morgan fingerprint density at radius 2 is 1.79 bits per heavy atom. The molecule has 0 saturated heterocycles. The maximum absolute atomic E-state index is 11.0. The van der Waals surface area contributed by atoms with Gasteiger partial charge in [0.05, 0.1) is 0 Å². The molecule has 4 nitrogen and oxygen atoms in total. The second-order valence-corrected chi connectivity index (χ2v) is 2.98. The first-order chi connectivity index (χ1) is 6.79. The third-order valence-electron chi connectivity index (χ3n) is 1.24. The summed E-state index contributed by atoms with van der Waals surface area (Å²) in [6.45, 7) is 0. The Morgan fingerprint density at radius 3 is 2.57 bits per heavy atom. The van der Waals surface area contributed by atoms with Gasteiger partial charge in [-0.05, 0) is 47.7 Å². The van der Waals surface area contributed by atoms with Crippen LogP contribution in [0.4, 0.5) is 0 Å². The number of nitrogens with zero attached hydrogens (tertiary/aromatic N) is 1. The highest BCUT2D eigenvalue weighted by Gasteiger charge is 1.92. The van der Waals surface area contributed by atoms with Crippen LogP contribution in [0.15, 0.2) is 40.9 Å². The molecule has 0 radical (unpaired) electrons. The summed E-state index contributed by atoms with van der Waals surface area (Å²) >= 11 is 1.17. The Labute approximate surface area is 85.6 Å². The highest BCUT2D eigenvalue weighted by Crippen LogP contribution is 1.96. The number of hydrogen-bond donors (Lipinski definition) is 1. The molecular weight excluding hydrogens is 200 g/mol. The molecule has 0 aromatic heterocycles. The summed E-state index contributed by atoms with van der Waals surface area (Å²) in [6, 6.07) is 0. The number of allylic oxidation sites excluding steroid dienone is 5. The first-order valence-corrected chi connectivity index (χ1v) is 4.70. The standard InChI is InChI=1S/C9H8N2O2S/c12-8-2-1-6-10-11-14-7-5-9(13)4-3-8/h1-7,11H/b2-1+,4-3?,7-5-,10-6-. The second kappa shape index (κ2) is 5.93. The molecule has 0 aromatic rings. The quantitative estimate of drug-likeness (QED) is 0.603. The van der Waals surface area contributed by atoms with Crippen LogP contribution in [0.3, 0.4) is 0 Å². The van der Waals surface area contributed by atoms with Gasteiger partial charge in [0.15, 0.2) is 11.6 Å². The minimum Gasteiger partial charge on any atom is -0.290 e. The van der Waals surface area contributed by atoms with Crippen LogP contribution in [0.25, 0.3) is 0 Å². The Morgan fingerprint density at radius 1 is 1.07 bits per heavy atom. The maximum atomic E-state index is 11.0. The van der Waals surface area contributed by atoms with Crippen LogP contribution in [0, 0.1) is 0 Å². The van der Waals surface area contributed by atoms with Gasteiger partial charge < -0.3 is 0 Å². The van der Waals surface area contributed by atoms with Crippen molar-refractivity contribution in [3.63, 3.8) is 0 Å². The van der Waals surface area contributed by atoms with Crippen molar-refractivity contribution in [2.75, 3.05) is 0 Å². The molecule has 0 amide bonds. The van der Waals surface area contributed by atoms with Gasteiger partial charge in [-0.25, -0.2) is 4.83 Å². The van der Waals surface area contributed by atoms with E-state index in [1.807, 2.05) is 0 Å². The maximum Gasteiger partial charge on any atom is 0.179 e. The van der Waals surface area contributed by atoms with Crippen molar-refractivity contribution in [3.8, 4) is 0 Å². The zero-order valence-electron chi connectivity index (χ0n) is 7.21. The summed E-state index contributed by atoms with van der Waals surface area (Å²) in [6.07, 6.45) is 8.07. The van der Waals surface area contributed by atoms with E-state index in [0.29, 0.717) is 0 Å². The summed E-state index contributed by atoms with van der Waals surface area (Å²) in [5.41, 5.74) is 0. The summed E-state index contributed by atoms with van der Waals surface area (Å²) in [7, 11) is 0. The summed E-state index contributed by atoms with van der Waals surface area (Å²) in [5.74, 6) is -0.475. The van der Waals surface area contributed by atoms with Crippen LogP contribution in [0.1, 0.15) is 0 Å². The largest absolute Gasteiger partial charge is 0.290 e. The number of ketones is 2. The van der Waals surface area contributed by atoms with Gasteiger partial charge >= 0.3 is 0 Å². The minimum atomic E-state index is -0.244. The van der Waals surface area contributed by atoms with Crippen LogP contribution >= 0.6 is 11.9 Å². The Balaban J connectivity index is 2.73. The second-order valence-electron chi connectivity index (χ2n) is 2.29. The van der Waals surface area contributed by atoms with Gasteiger partial charge in [-0.2, -0.15) is 5.10 Å². The third-order valence-corrected chi connectivity index (χ3v) is 1.72. The highest BCUT2D eigenvalue weighted by molar-refractivity contribution is 8.00. The highest BCUT2D eigenvalue weighted by atomic mass is 32.2. The van der Waals surface area contributed by atoms with E-state index in [-0.39, 0.29) is 11.6 Å². The van der Waals surface area contributed by atoms with Gasteiger partial charge in [0, 0.05) is 6.21 Å². The summed E-state index contributed by atoms with van der Waals surface area (Å²) < 4.78 is 0. The SMILES string of the molecule is O=C1C=CC(=O)/C=C/C=N\NS/C=C\1. The lowest BCUT2D eigenvalue weighted by Gasteiger charge is -1.90. The van der Waals surface area contributed by atoms with E-state index in [4.69, 9.17) is 0 Å². The molecule has 0 aliphatic carbocycles. The van der Waals surface area contributed by atoms with Gasteiger partial charge in [0.2, 0.25) is 0 Å². The van der Waals surface area contributed by atoms with Crippen LogP contribution in [0.5, 0.6) is 0 Å². The predicted molar refractivity (Wildman–Crippen MR) is 56.7 cm³/mol. The van der Waals surface area contributed by atoms with Crippen molar-refractivity contribution in [1.29, 1.82) is 0 Å². The van der Waals surface area contributed by atoms with E-state index < -0.39 is 0 Å². The monoisotopic (exact) mass is 208 g/mol. The number of carbonyl (C=O) groups is 2. The molecule has 0 fully saturated rings. The van der Waals surface area contributed by atoms with Crippen molar-refractivity contribution < 1.29 is 9.59 Å². The zero-order valence-corrected chi connectivity index (χ0v) is 8.03. The first-order valence-electron chi connectivity index (χ1n) is 3.82. The van der Waals surface area contributed by atoms with Crippen LogP contribution in [-0.4, -0.2) is 17.8 Å². The van der Waals surface area contributed by atoms with Crippen molar-refractivity contribution in [2.45, 2.75) is 0 Å². The number of carbonyl (C=O) groups excluding carboxylic acids is 2. The smallest absolute Gasteiger partial charge is 0.179 e. The van der Waals surface area contributed by atoms with Gasteiger partial charge in [0.1, 0.15) is 0 Å². The van der Waals surface area contributed by atoms with Gasteiger partial charge in [0.25, 0.3) is 0 Å². The van der Waals surface area contributed by atoms with Gasteiger partial charge in [-0.3, -0.25) is 9.59 Å². The molecule has 1 aliphatic heterocycles. The molecule has 1 aliphatic rings. The molecule has 1 heterocycles. The molecule has 0 unspecified atom stereocenters. The van der Waals surface area contributed by atoms with Gasteiger partial charge in [-0.15, -0.1) is 0 Å². The molecule has 1 N–H and O–H groups in total. The van der Waals surface area contributed by atoms with Crippen molar-refractivity contribution in [3.05, 3.63) is 35.8 Å². The van der Waals surface area contributed by atoms with E-state index in [1.165, 1.54) is 48.5 Å². The van der Waals surface area contributed by atoms with Crippen LogP contribution in [0.2, 0.25) is 0 Å². The van der Waals surface area contributed by atoms with E-state index in [9.17, 15) is 9.59 Å². The fourth-order valence-electron chi connectivity index (χ4n) is 0.649. The Hall–Kier alpha value is -1.62. The molecule has 0 saturated carbocycles. The minimum absolute atomic E-state index is 0.231. The molecule has 0 bridgehead atoms. The molecule has 72 valence electrons. The third kappa shape index (κ3) is 4.42. The summed E-state index contributed by atoms with van der Waals surface area (Å²) in [5, 5.41) is 5.28. The lowest BCUT2D eigenvalue weighted by Crippen LogP contribution is -1.94. The van der Waals surface area contributed by atoms with E-state index >= 15 is 0 Å². The van der Waals surface area contributed by atoms with Crippen molar-refractivity contribution >= 4 is 29.7 Å². The first kappa shape index (κ1) is 10.5. The van der Waals surface area contributed by atoms with Crippen molar-refractivity contribution in [1.82, 2.24) is 4.83 Å². The number of nitrogens with one attached hydrogen (secondary N) is 1.